The standard InChI is InChI=1S/C11H14O4/c1-4-8-5-6-11(7-8,9(12)14-2)10(13)15-3/h4-5H,1,6-7H2,2-3H3. The second kappa shape index (κ2) is 4.29. The fourth-order valence-electron chi connectivity index (χ4n) is 1.74. The van der Waals surface area contributed by atoms with Gasteiger partial charge < -0.3 is 9.47 Å². The van der Waals surface area contributed by atoms with Crippen LogP contribution in [0.3, 0.4) is 0 Å². The number of carbonyl (C=O) groups excluding carboxylic acids is 2. The maximum Gasteiger partial charge on any atom is 0.323 e. The predicted molar refractivity (Wildman–Crippen MR) is 54.0 cm³/mol. The van der Waals surface area contributed by atoms with Gasteiger partial charge in [0, 0.05) is 0 Å². The fraction of sp³-hybridized carbons (Fsp3) is 0.455. The number of ether oxygens (including phenoxy) is 2. The van der Waals surface area contributed by atoms with E-state index in [4.69, 9.17) is 0 Å². The molecule has 0 aromatic heterocycles. The van der Waals surface area contributed by atoms with E-state index in [9.17, 15) is 9.59 Å². The van der Waals surface area contributed by atoms with E-state index >= 15 is 0 Å². The van der Waals surface area contributed by atoms with E-state index in [0.717, 1.165) is 5.57 Å². The topological polar surface area (TPSA) is 52.6 Å². The lowest BCUT2D eigenvalue weighted by molar-refractivity contribution is -0.168. The van der Waals surface area contributed by atoms with Gasteiger partial charge in [-0.05, 0) is 12.8 Å². The number of methoxy groups -OCH3 is 2. The minimum Gasteiger partial charge on any atom is -0.468 e. The zero-order chi connectivity index (χ0) is 11.5. The highest BCUT2D eigenvalue weighted by Crippen LogP contribution is 2.40. The van der Waals surface area contributed by atoms with Gasteiger partial charge in [0.2, 0.25) is 0 Å². The van der Waals surface area contributed by atoms with E-state index in [1.807, 2.05) is 0 Å². The van der Waals surface area contributed by atoms with Crippen molar-refractivity contribution in [3.63, 3.8) is 0 Å². The highest BCUT2D eigenvalue weighted by atomic mass is 16.5. The van der Waals surface area contributed by atoms with E-state index in [-0.39, 0.29) is 0 Å². The van der Waals surface area contributed by atoms with Gasteiger partial charge in [-0.3, -0.25) is 9.59 Å². The van der Waals surface area contributed by atoms with Crippen LogP contribution < -0.4 is 0 Å². The quantitative estimate of drug-likeness (QED) is 0.519. The Kier molecular flexibility index (Phi) is 3.29. The van der Waals surface area contributed by atoms with Crippen molar-refractivity contribution in [2.75, 3.05) is 14.2 Å². The first-order valence-electron chi connectivity index (χ1n) is 4.59. The highest BCUT2D eigenvalue weighted by molar-refractivity contribution is 6.01. The molecule has 0 saturated heterocycles. The molecule has 0 fully saturated rings. The van der Waals surface area contributed by atoms with Crippen molar-refractivity contribution in [3.05, 3.63) is 24.3 Å². The van der Waals surface area contributed by atoms with Crippen molar-refractivity contribution in [3.8, 4) is 0 Å². The summed E-state index contributed by atoms with van der Waals surface area (Å²) in [5, 5.41) is 0. The first-order valence-corrected chi connectivity index (χ1v) is 4.59. The number of rotatable bonds is 3. The Morgan fingerprint density at radius 3 is 2.27 bits per heavy atom. The van der Waals surface area contributed by atoms with Gasteiger partial charge >= 0.3 is 11.9 Å². The van der Waals surface area contributed by atoms with Crippen molar-refractivity contribution in [2.24, 2.45) is 5.41 Å². The van der Waals surface area contributed by atoms with Crippen LogP contribution in [0.5, 0.6) is 0 Å². The lowest BCUT2D eigenvalue weighted by atomic mass is 9.84. The normalized spacial score (nSPS) is 17.9. The van der Waals surface area contributed by atoms with Crippen LogP contribution in [0.15, 0.2) is 24.3 Å². The van der Waals surface area contributed by atoms with Crippen molar-refractivity contribution in [1.82, 2.24) is 0 Å². The molecule has 0 bridgehead atoms. The van der Waals surface area contributed by atoms with Crippen LogP contribution in [-0.4, -0.2) is 26.2 Å². The Hall–Kier alpha value is -1.58. The third-order valence-electron chi connectivity index (χ3n) is 2.63. The lowest BCUT2D eigenvalue weighted by Crippen LogP contribution is -2.39. The van der Waals surface area contributed by atoms with E-state index in [2.05, 4.69) is 16.1 Å². The zero-order valence-electron chi connectivity index (χ0n) is 8.91. The van der Waals surface area contributed by atoms with E-state index in [1.54, 1.807) is 12.2 Å². The molecule has 15 heavy (non-hydrogen) atoms. The molecule has 0 unspecified atom stereocenters. The minimum absolute atomic E-state index is 0.301. The Bertz CT molecular complexity index is 311. The monoisotopic (exact) mass is 210 g/mol. The molecule has 0 amide bonds. The van der Waals surface area contributed by atoms with E-state index < -0.39 is 17.4 Å². The highest BCUT2D eigenvalue weighted by Gasteiger charge is 2.50. The Morgan fingerprint density at radius 1 is 1.40 bits per heavy atom. The second-order valence-electron chi connectivity index (χ2n) is 3.43. The smallest absolute Gasteiger partial charge is 0.323 e. The van der Waals surface area contributed by atoms with E-state index in [0.29, 0.717) is 12.8 Å². The third kappa shape index (κ3) is 1.79. The van der Waals surface area contributed by atoms with Crippen LogP contribution in [0, 0.1) is 5.41 Å². The molecule has 0 aromatic carbocycles. The molecule has 0 aromatic rings. The average Bonchev–Trinajstić information content (AvgIpc) is 2.72. The Balaban J connectivity index is 2.97. The molecule has 0 spiro atoms. The third-order valence-corrected chi connectivity index (χ3v) is 2.63. The van der Waals surface area contributed by atoms with Crippen LogP contribution in [-0.2, 0) is 19.1 Å². The summed E-state index contributed by atoms with van der Waals surface area (Å²) in [4.78, 5) is 23.2. The molecular formula is C11H14O4. The molecule has 0 aliphatic heterocycles. The maximum absolute atomic E-state index is 11.6. The van der Waals surface area contributed by atoms with Crippen LogP contribution in [0.2, 0.25) is 0 Å². The number of hydrogen-bond acceptors (Lipinski definition) is 4. The molecule has 1 rings (SSSR count). The number of esters is 2. The van der Waals surface area contributed by atoms with Gasteiger partial charge in [-0.25, -0.2) is 0 Å². The van der Waals surface area contributed by atoms with Crippen molar-refractivity contribution in [2.45, 2.75) is 12.8 Å². The van der Waals surface area contributed by atoms with Crippen LogP contribution in [0.1, 0.15) is 12.8 Å². The molecule has 1 aliphatic rings. The Morgan fingerprint density at radius 2 is 1.93 bits per heavy atom. The first kappa shape index (κ1) is 11.5. The summed E-state index contributed by atoms with van der Waals surface area (Å²) >= 11 is 0. The SMILES string of the molecule is C=CC1=CCC(C(=O)OC)(C(=O)OC)C1. The molecule has 0 atom stereocenters. The lowest BCUT2D eigenvalue weighted by Gasteiger charge is -2.22. The van der Waals surface area contributed by atoms with Crippen molar-refractivity contribution >= 4 is 11.9 Å². The molecular weight excluding hydrogens is 196 g/mol. The fourth-order valence-corrected chi connectivity index (χ4v) is 1.74. The van der Waals surface area contributed by atoms with E-state index in [1.165, 1.54) is 14.2 Å². The molecule has 4 heteroatoms. The summed E-state index contributed by atoms with van der Waals surface area (Å²) in [7, 11) is 2.53. The van der Waals surface area contributed by atoms with Gasteiger partial charge in [0.25, 0.3) is 0 Å². The molecule has 0 heterocycles. The minimum atomic E-state index is -1.20. The largest absolute Gasteiger partial charge is 0.468 e. The molecule has 0 N–H and O–H groups in total. The maximum atomic E-state index is 11.6. The molecule has 0 radical (unpaired) electrons. The summed E-state index contributed by atoms with van der Waals surface area (Å²) in [5.41, 5.74) is -0.335. The van der Waals surface area contributed by atoms with Gasteiger partial charge in [-0.15, -0.1) is 0 Å². The number of carbonyl (C=O) groups is 2. The summed E-state index contributed by atoms with van der Waals surface area (Å²) in [5.74, 6) is -1.11. The van der Waals surface area contributed by atoms with Gasteiger partial charge in [0.15, 0.2) is 5.41 Å². The number of allylic oxidation sites excluding steroid dienone is 3. The summed E-state index contributed by atoms with van der Waals surface area (Å²) in [6.45, 7) is 3.61. The van der Waals surface area contributed by atoms with Gasteiger partial charge in [-0.1, -0.05) is 24.3 Å². The van der Waals surface area contributed by atoms with Crippen LogP contribution in [0.4, 0.5) is 0 Å². The second-order valence-corrected chi connectivity index (χ2v) is 3.43. The molecule has 0 saturated carbocycles. The van der Waals surface area contributed by atoms with Crippen LogP contribution >= 0.6 is 0 Å². The summed E-state index contributed by atoms with van der Waals surface area (Å²) in [6, 6.07) is 0. The summed E-state index contributed by atoms with van der Waals surface area (Å²) < 4.78 is 9.29. The van der Waals surface area contributed by atoms with Crippen LogP contribution in [0.25, 0.3) is 0 Å². The van der Waals surface area contributed by atoms with Gasteiger partial charge in [0.1, 0.15) is 0 Å². The average molecular weight is 210 g/mol. The first-order chi connectivity index (χ1) is 7.10. The van der Waals surface area contributed by atoms with Gasteiger partial charge in [0.05, 0.1) is 14.2 Å². The molecule has 1 aliphatic carbocycles. The summed E-state index contributed by atoms with van der Waals surface area (Å²) in [6.07, 6.45) is 4.05. The number of hydrogen-bond donors (Lipinski definition) is 0. The molecule has 4 nitrogen and oxygen atoms in total. The van der Waals surface area contributed by atoms with Gasteiger partial charge in [-0.2, -0.15) is 0 Å². The van der Waals surface area contributed by atoms with Crippen molar-refractivity contribution in [1.29, 1.82) is 0 Å². The zero-order valence-corrected chi connectivity index (χ0v) is 8.91. The van der Waals surface area contributed by atoms with Crippen molar-refractivity contribution < 1.29 is 19.1 Å². The predicted octanol–water partition coefficient (Wildman–Crippen LogP) is 1.22. The Labute approximate surface area is 88.6 Å². The molecule has 82 valence electrons.